The molecule has 0 saturated heterocycles. The van der Waals surface area contributed by atoms with Crippen LogP contribution in [0.5, 0.6) is 0 Å². The van der Waals surface area contributed by atoms with Crippen LogP contribution in [0.3, 0.4) is 0 Å². The highest BCUT2D eigenvalue weighted by Gasteiger charge is 2.33. The van der Waals surface area contributed by atoms with Crippen LogP contribution in [-0.2, 0) is 4.74 Å². The minimum Gasteiger partial charge on any atom is -0.422 e. The van der Waals surface area contributed by atoms with Gasteiger partial charge in [0.1, 0.15) is 26.9 Å². The molecule has 0 radical (unpaired) electrons. The summed E-state index contributed by atoms with van der Waals surface area (Å²) in [6.07, 6.45) is 1.63. The lowest BCUT2D eigenvalue weighted by Gasteiger charge is -2.03. The number of anilines is 1. The monoisotopic (exact) mass is 327 g/mol. The van der Waals surface area contributed by atoms with Gasteiger partial charge in [-0.25, -0.2) is 9.78 Å². The number of hydrogen-bond donors (Lipinski definition) is 1. The van der Waals surface area contributed by atoms with E-state index in [0.29, 0.717) is 20.6 Å². The SMILES string of the molecule is CC=C1OC(=O)c2c(N)nc(I)c(C#N)c21. The molecule has 1 aliphatic rings. The Morgan fingerprint density at radius 2 is 2.25 bits per heavy atom. The van der Waals surface area contributed by atoms with Gasteiger partial charge in [-0.3, -0.25) is 0 Å². The van der Waals surface area contributed by atoms with E-state index in [0.717, 1.165) is 0 Å². The molecule has 0 spiro atoms. The second-order valence-electron chi connectivity index (χ2n) is 3.07. The minimum atomic E-state index is -0.555. The number of esters is 1. The van der Waals surface area contributed by atoms with Crippen molar-refractivity contribution in [1.29, 1.82) is 5.26 Å². The van der Waals surface area contributed by atoms with Crippen molar-refractivity contribution in [3.63, 3.8) is 0 Å². The predicted molar refractivity (Wildman–Crippen MR) is 65.1 cm³/mol. The van der Waals surface area contributed by atoms with Crippen molar-refractivity contribution in [3.8, 4) is 6.07 Å². The highest BCUT2D eigenvalue weighted by atomic mass is 127. The number of nitriles is 1. The minimum absolute atomic E-state index is 0.0975. The third-order valence-electron chi connectivity index (χ3n) is 2.21. The number of nitrogens with two attached hydrogens (primary N) is 1. The van der Waals surface area contributed by atoms with Gasteiger partial charge in [0, 0.05) is 0 Å². The number of fused-ring (bicyclic) bond motifs is 1. The van der Waals surface area contributed by atoms with Crippen molar-refractivity contribution < 1.29 is 9.53 Å². The number of hydrogen-bond acceptors (Lipinski definition) is 5. The van der Waals surface area contributed by atoms with Crippen LogP contribution in [0.2, 0.25) is 0 Å². The molecule has 16 heavy (non-hydrogen) atoms. The topological polar surface area (TPSA) is 89.0 Å². The fraction of sp³-hybridized carbons (Fsp3) is 0.100. The highest BCUT2D eigenvalue weighted by molar-refractivity contribution is 14.1. The standard InChI is InChI=1S/C10H6IN3O2/c1-2-5-6-4(3-12)8(11)14-9(13)7(6)10(15)16-5/h2H,1H3,(H2,13,14). The van der Waals surface area contributed by atoms with Crippen LogP contribution < -0.4 is 5.73 Å². The normalized spacial score (nSPS) is 15.8. The van der Waals surface area contributed by atoms with Crippen molar-refractivity contribution in [1.82, 2.24) is 4.98 Å². The molecule has 0 amide bonds. The molecule has 0 bridgehead atoms. The Morgan fingerprint density at radius 3 is 2.81 bits per heavy atom. The molecule has 0 fully saturated rings. The number of halogens is 1. The number of rotatable bonds is 0. The maximum Gasteiger partial charge on any atom is 0.348 e. The van der Waals surface area contributed by atoms with Gasteiger partial charge in [-0.15, -0.1) is 0 Å². The third-order valence-corrected chi connectivity index (χ3v) is 2.99. The van der Waals surface area contributed by atoms with E-state index in [1.54, 1.807) is 13.0 Å². The zero-order valence-corrected chi connectivity index (χ0v) is 10.4. The maximum absolute atomic E-state index is 11.5. The van der Waals surface area contributed by atoms with Crippen LogP contribution in [0.25, 0.3) is 5.76 Å². The Kier molecular flexibility index (Phi) is 2.55. The molecule has 2 N–H and O–H groups in total. The van der Waals surface area contributed by atoms with Crippen molar-refractivity contribution in [2.45, 2.75) is 6.92 Å². The molecule has 0 unspecified atom stereocenters. The van der Waals surface area contributed by atoms with Crippen LogP contribution in [-0.4, -0.2) is 11.0 Å². The summed E-state index contributed by atoms with van der Waals surface area (Å²) in [7, 11) is 0. The number of nitrogen functional groups attached to an aromatic ring is 1. The molecule has 1 aromatic heterocycles. The Hall–Kier alpha value is -1.62. The summed E-state index contributed by atoms with van der Waals surface area (Å²) in [5, 5.41) is 9.04. The summed E-state index contributed by atoms with van der Waals surface area (Å²) < 4.78 is 5.47. The number of aromatic nitrogens is 1. The second kappa shape index (κ2) is 3.75. The average Bonchev–Trinajstić information content (AvgIpc) is 2.56. The molecule has 5 nitrogen and oxygen atoms in total. The molecule has 1 aromatic rings. The van der Waals surface area contributed by atoms with Crippen LogP contribution in [0.4, 0.5) is 5.82 Å². The summed E-state index contributed by atoms with van der Waals surface area (Å²) in [5.74, 6) is -0.0928. The Labute approximate surface area is 105 Å². The fourth-order valence-corrected chi connectivity index (χ4v) is 2.18. The summed E-state index contributed by atoms with van der Waals surface area (Å²) in [5.41, 5.74) is 6.61. The van der Waals surface area contributed by atoms with Gasteiger partial charge in [0.2, 0.25) is 0 Å². The summed E-state index contributed by atoms with van der Waals surface area (Å²) in [4.78, 5) is 15.5. The number of ether oxygens (including phenoxy) is 1. The molecule has 0 aliphatic carbocycles. The Bertz CT molecular complexity index is 572. The van der Waals surface area contributed by atoms with Crippen LogP contribution >= 0.6 is 22.6 Å². The van der Waals surface area contributed by atoms with Crippen LogP contribution in [0.15, 0.2) is 6.08 Å². The van der Waals surface area contributed by atoms with Gasteiger partial charge in [-0.05, 0) is 35.6 Å². The summed E-state index contributed by atoms with van der Waals surface area (Å²) in [6, 6.07) is 2.01. The van der Waals surface area contributed by atoms with Crippen molar-refractivity contribution in [3.05, 3.63) is 26.5 Å². The molecule has 0 aromatic carbocycles. The Morgan fingerprint density at radius 1 is 1.56 bits per heavy atom. The van der Waals surface area contributed by atoms with E-state index in [1.807, 2.05) is 28.7 Å². The summed E-state index contributed by atoms with van der Waals surface area (Å²) in [6.45, 7) is 1.72. The quantitative estimate of drug-likeness (QED) is 0.445. The first-order valence-electron chi connectivity index (χ1n) is 4.38. The number of pyridine rings is 1. The van der Waals surface area contributed by atoms with E-state index in [1.165, 1.54) is 0 Å². The van der Waals surface area contributed by atoms with E-state index >= 15 is 0 Å². The van der Waals surface area contributed by atoms with Crippen LogP contribution in [0.1, 0.15) is 28.4 Å². The van der Waals surface area contributed by atoms with Gasteiger partial charge in [-0.1, -0.05) is 0 Å². The van der Waals surface area contributed by atoms with Gasteiger partial charge in [0.25, 0.3) is 0 Å². The third kappa shape index (κ3) is 1.36. The molecule has 2 rings (SSSR count). The van der Waals surface area contributed by atoms with Gasteiger partial charge >= 0.3 is 5.97 Å². The number of cyclic esters (lactones) is 1. The van der Waals surface area contributed by atoms with Gasteiger partial charge in [0.15, 0.2) is 0 Å². The van der Waals surface area contributed by atoms with Crippen LogP contribution in [0, 0.1) is 15.0 Å². The lowest BCUT2D eigenvalue weighted by atomic mass is 10.0. The molecular weight excluding hydrogens is 321 g/mol. The molecule has 0 atom stereocenters. The fourth-order valence-electron chi connectivity index (χ4n) is 1.53. The first-order chi connectivity index (χ1) is 7.60. The maximum atomic E-state index is 11.5. The van der Waals surface area contributed by atoms with E-state index < -0.39 is 5.97 Å². The van der Waals surface area contributed by atoms with Gasteiger partial charge < -0.3 is 10.5 Å². The molecule has 6 heteroatoms. The lowest BCUT2D eigenvalue weighted by molar-refractivity contribution is 0.0716. The van der Waals surface area contributed by atoms with E-state index in [4.69, 9.17) is 15.7 Å². The lowest BCUT2D eigenvalue weighted by Crippen LogP contribution is -2.06. The van der Waals surface area contributed by atoms with Gasteiger partial charge in [-0.2, -0.15) is 5.26 Å². The van der Waals surface area contributed by atoms with E-state index in [-0.39, 0.29) is 11.4 Å². The average molecular weight is 327 g/mol. The number of nitrogens with zero attached hydrogens (tertiary/aromatic N) is 2. The number of carbonyl (C=O) groups is 1. The smallest absolute Gasteiger partial charge is 0.348 e. The first-order valence-corrected chi connectivity index (χ1v) is 5.46. The molecule has 0 saturated carbocycles. The van der Waals surface area contributed by atoms with Crippen molar-refractivity contribution in [2.24, 2.45) is 0 Å². The zero-order valence-electron chi connectivity index (χ0n) is 8.24. The first kappa shape index (κ1) is 10.9. The van der Waals surface area contributed by atoms with E-state index in [9.17, 15) is 4.79 Å². The highest BCUT2D eigenvalue weighted by Crippen LogP contribution is 2.36. The van der Waals surface area contributed by atoms with E-state index in [2.05, 4.69) is 4.98 Å². The zero-order chi connectivity index (χ0) is 11.9. The van der Waals surface area contributed by atoms with Gasteiger partial charge in [0.05, 0.1) is 11.1 Å². The van der Waals surface area contributed by atoms with Crippen molar-refractivity contribution in [2.75, 3.05) is 5.73 Å². The van der Waals surface area contributed by atoms with Crippen molar-refractivity contribution >= 4 is 40.1 Å². The summed E-state index contributed by atoms with van der Waals surface area (Å²) >= 11 is 1.91. The second-order valence-corrected chi connectivity index (χ2v) is 4.09. The molecular formula is C10H6IN3O2. The Balaban J connectivity index is 2.90. The number of carbonyl (C=O) groups excluding carboxylic acids is 1. The predicted octanol–water partition coefficient (Wildman–Crippen LogP) is 1.67. The molecule has 2 heterocycles. The largest absolute Gasteiger partial charge is 0.422 e. The molecule has 1 aliphatic heterocycles. The molecule has 80 valence electrons. The number of allylic oxidation sites excluding steroid dienone is 1.